The van der Waals surface area contributed by atoms with Gasteiger partial charge in [-0.3, -0.25) is 14.4 Å². The molecule has 0 radical (unpaired) electrons. The van der Waals surface area contributed by atoms with Crippen LogP contribution >= 0.6 is 0 Å². The third kappa shape index (κ3) is 7.89. The highest BCUT2D eigenvalue weighted by molar-refractivity contribution is 5.95. The molecule has 0 aliphatic heterocycles. The molecule has 0 bridgehead atoms. The molecule has 1 heterocycles. The molecule has 0 aliphatic rings. The number of carbonyl (C=O) groups is 4. The lowest BCUT2D eigenvalue weighted by atomic mass is 9.90. The van der Waals surface area contributed by atoms with Gasteiger partial charge >= 0.3 is 6.09 Å². The van der Waals surface area contributed by atoms with E-state index in [0.717, 1.165) is 38.4 Å². The molecule has 10 nitrogen and oxygen atoms in total. The molecule has 10 heteroatoms. The van der Waals surface area contributed by atoms with Crippen LogP contribution in [0.2, 0.25) is 0 Å². The average molecular weight is 620 g/mol. The topological polar surface area (TPSA) is 155 Å². The zero-order valence-corrected chi connectivity index (χ0v) is 25.5. The molecule has 1 unspecified atom stereocenters. The first-order valence-corrected chi connectivity index (χ1v) is 15.1. The van der Waals surface area contributed by atoms with Crippen molar-refractivity contribution in [3.05, 3.63) is 120 Å². The summed E-state index contributed by atoms with van der Waals surface area (Å²) in [5, 5.41) is 11.2. The number of aromatic amines is 1. The monoisotopic (exact) mass is 619 g/mol. The summed E-state index contributed by atoms with van der Waals surface area (Å²) in [4.78, 5) is 55.2. The number of H-pyrrole nitrogens is 1. The maximum atomic E-state index is 14.0. The second-order valence-corrected chi connectivity index (χ2v) is 11.4. The summed E-state index contributed by atoms with van der Waals surface area (Å²) in [6, 6.07) is 29.4. The average Bonchev–Trinajstić information content (AvgIpc) is 3.46. The molecular weight excluding hydrogens is 582 g/mol. The van der Waals surface area contributed by atoms with E-state index in [2.05, 4.69) is 20.9 Å². The van der Waals surface area contributed by atoms with Gasteiger partial charge in [0, 0.05) is 42.9 Å². The standard InChI is InChI=1S/C36H37N5O5/c1-36(21-24-10-3-2-4-11-24,34(44)38-19-18-32(37)42)41-33(43)31(20-27-22-39-30-17-8-7-16-29(27)30)40-35(45)46-23-26-14-9-13-25-12-5-6-15-28(25)26/h2-17,22,31,39H,18-21,23H2,1H3,(H2,37,42)(H,38,44)(H,40,45)(H,41,43)/t31-,36?/m0/s1. The Morgan fingerprint density at radius 3 is 2.33 bits per heavy atom. The number of nitrogens with one attached hydrogen (secondary N) is 4. The summed E-state index contributed by atoms with van der Waals surface area (Å²) in [7, 11) is 0. The smallest absolute Gasteiger partial charge is 0.408 e. The number of rotatable bonds is 13. The lowest BCUT2D eigenvalue weighted by molar-refractivity contribution is -0.134. The Morgan fingerprint density at radius 2 is 1.54 bits per heavy atom. The van der Waals surface area contributed by atoms with Gasteiger partial charge in [-0.05, 0) is 40.5 Å². The van der Waals surface area contributed by atoms with Crippen LogP contribution in [0.1, 0.15) is 30.0 Å². The largest absolute Gasteiger partial charge is 0.445 e. The molecule has 0 fully saturated rings. The van der Waals surface area contributed by atoms with Gasteiger partial charge in [0.2, 0.25) is 17.7 Å². The summed E-state index contributed by atoms with van der Waals surface area (Å²) >= 11 is 0. The molecule has 4 aromatic carbocycles. The molecule has 2 atom stereocenters. The Balaban J connectivity index is 1.38. The van der Waals surface area contributed by atoms with Crippen LogP contribution in [0.5, 0.6) is 0 Å². The maximum absolute atomic E-state index is 14.0. The molecule has 5 aromatic rings. The number of primary amides is 1. The van der Waals surface area contributed by atoms with Crippen LogP contribution in [0.15, 0.2) is 103 Å². The summed E-state index contributed by atoms with van der Waals surface area (Å²) < 4.78 is 5.61. The van der Waals surface area contributed by atoms with Crippen LogP contribution in [0, 0.1) is 0 Å². The quantitative estimate of drug-likeness (QED) is 0.133. The van der Waals surface area contributed by atoms with Crippen molar-refractivity contribution in [2.75, 3.05) is 6.54 Å². The first-order chi connectivity index (χ1) is 22.2. The number of hydrogen-bond acceptors (Lipinski definition) is 5. The molecule has 0 saturated carbocycles. The molecule has 0 saturated heterocycles. The highest BCUT2D eigenvalue weighted by Gasteiger charge is 2.37. The fraction of sp³-hybridized carbons (Fsp3) is 0.222. The number of nitrogens with two attached hydrogens (primary N) is 1. The van der Waals surface area contributed by atoms with E-state index in [1.165, 1.54) is 0 Å². The molecule has 6 N–H and O–H groups in total. The van der Waals surface area contributed by atoms with Crippen molar-refractivity contribution in [3.8, 4) is 0 Å². The predicted molar refractivity (Wildman–Crippen MR) is 177 cm³/mol. The van der Waals surface area contributed by atoms with Crippen molar-refractivity contribution < 1.29 is 23.9 Å². The maximum Gasteiger partial charge on any atom is 0.408 e. The van der Waals surface area contributed by atoms with Gasteiger partial charge in [-0.25, -0.2) is 4.79 Å². The molecule has 5 rings (SSSR count). The van der Waals surface area contributed by atoms with Gasteiger partial charge in [0.25, 0.3) is 0 Å². The minimum Gasteiger partial charge on any atom is -0.445 e. The number of para-hydroxylation sites is 1. The van der Waals surface area contributed by atoms with E-state index >= 15 is 0 Å². The van der Waals surface area contributed by atoms with Gasteiger partial charge in [0.1, 0.15) is 18.2 Å². The highest BCUT2D eigenvalue weighted by atomic mass is 16.5. The zero-order chi connectivity index (χ0) is 32.5. The zero-order valence-electron chi connectivity index (χ0n) is 25.5. The van der Waals surface area contributed by atoms with Crippen molar-refractivity contribution in [3.63, 3.8) is 0 Å². The Kier molecular flexibility index (Phi) is 9.97. The Bertz CT molecular complexity index is 1850. The van der Waals surface area contributed by atoms with E-state index in [1.54, 1.807) is 13.1 Å². The van der Waals surface area contributed by atoms with E-state index in [0.29, 0.717) is 0 Å². The number of ether oxygens (including phenoxy) is 1. The van der Waals surface area contributed by atoms with Gasteiger partial charge < -0.3 is 31.4 Å². The van der Waals surface area contributed by atoms with Crippen molar-refractivity contribution >= 4 is 45.5 Å². The molecule has 0 aliphatic carbocycles. The van der Waals surface area contributed by atoms with Gasteiger partial charge in [-0.2, -0.15) is 0 Å². The summed E-state index contributed by atoms with van der Waals surface area (Å²) in [5.41, 5.74) is 7.16. The molecule has 0 spiro atoms. The number of benzene rings is 4. The van der Waals surface area contributed by atoms with Gasteiger partial charge in [-0.1, -0.05) is 91.0 Å². The number of fused-ring (bicyclic) bond motifs is 2. The van der Waals surface area contributed by atoms with Crippen LogP contribution in [0.3, 0.4) is 0 Å². The van der Waals surface area contributed by atoms with Crippen molar-refractivity contribution in [2.45, 2.75) is 44.4 Å². The molecule has 4 amide bonds. The first kappa shape index (κ1) is 31.8. The minimum absolute atomic E-state index is 0.00258. The molecule has 236 valence electrons. The van der Waals surface area contributed by atoms with Crippen LogP contribution < -0.4 is 21.7 Å². The van der Waals surface area contributed by atoms with E-state index < -0.39 is 35.4 Å². The van der Waals surface area contributed by atoms with Crippen LogP contribution in [-0.4, -0.2) is 46.9 Å². The third-order valence-corrected chi connectivity index (χ3v) is 7.90. The number of carbonyl (C=O) groups excluding carboxylic acids is 4. The molecular formula is C36H37N5O5. The second kappa shape index (κ2) is 14.4. The predicted octanol–water partition coefficient (Wildman–Crippen LogP) is 4.27. The number of aromatic nitrogens is 1. The van der Waals surface area contributed by atoms with Crippen molar-refractivity contribution in [1.29, 1.82) is 0 Å². The first-order valence-electron chi connectivity index (χ1n) is 15.1. The van der Waals surface area contributed by atoms with E-state index in [4.69, 9.17) is 10.5 Å². The van der Waals surface area contributed by atoms with Gasteiger partial charge in [0.05, 0.1) is 0 Å². The van der Waals surface area contributed by atoms with E-state index in [-0.39, 0.29) is 32.4 Å². The Labute approximate surface area is 266 Å². The lowest BCUT2D eigenvalue weighted by Crippen LogP contribution is -2.62. The van der Waals surface area contributed by atoms with Crippen molar-refractivity contribution in [2.24, 2.45) is 5.73 Å². The number of amides is 4. The fourth-order valence-electron chi connectivity index (χ4n) is 5.51. The lowest BCUT2D eigenvalue weighted by Gasteiger charge is -2.32. The number of alkyl carbamates (subject to hydrolysis) is 1. The minimum atomic E-state index is -1.43. The molecule has 1 aromatic heterocycles. The van der Waals surface area contributed by atoms with Gasteiger partial charge in [-0.15, -0.1) is 0 Å². The van der Waals surface area contributed by atoms with Crippen LogP contribution in [0.4, 0.5) is 4.79 Å². The van der Waals surface area contributed by atoms with Crippen molar-refractivity contribution in [1.82, 2.24) is 20.9 Å². The van der Waals surface area contributed by atoms with Crippen LogP contribution in [0.25, 0.3) is 21.7 Å². The summed E-state index contributed by atoms with van der Waals surface area (Å²) in [6.07, 6.45) is 1.27. The van der Waals surface area contributed by atoms with Crippen LogP contribution in [-0.2, 0) is 38.6 Å². The SMILES string of the molecule is CC(Cc1ccccc1)(NC(=O)[C@H](Cc1c[nH]c2ccccc12)NC(=O)OCc1cccc2ccccc12)C(=O)NCCC(N)=O. The highest BCUT2D eigenvalue weighted by Crippen LogP contribution is 2.22. The van der Waals surface area contributed by atoms with E-state index in [9.17, 15) is 19.2 Å². The normalized spacial score (nSPS) is 13.0. The Morgan fingerprint density at radius 1 is 0.848 bits per heavy atom. The fourth-order valence-corrected chi connectivity index (χ4v) is 5.51. The second-order valence-electron chi connectivity index (χ2n) is 11.4. The number of hydrogen-bond donors (Lipinski definition) is 5. The van der Waals surface area contributed by atoms with Gasteiger partial charge in [0.15, 0.2) is 0 Å². The third-order valence-electron chi connectivity index (χ3n) is 7.90. The van der Waals surface area contributed by atoms with E-state index in [1.807, 2.05) is 97.1 Å². The Hall–Kier alpha value is -5.64. The summed E-state index contributed by atoms with van der Waals surface area (Å²) in [5.74, 6) is -1.62. The summed E-state index contributed by atoms with van der Waals surface area (Å²) in [6.45, 7) is 1.63. The molecule has 46 heavy (non-hydrogen) atoms.